The highest BCUT2D eigenvalue weighted by atomic mass is 19.1. The highest BCUT2D eigenvalue weighted by molar-refractivity contribution is 6.07. The van der Waals surface area contributed by atoms with Crippen LogP contribution in [0.2, 0.25) is 0 Å². The van der Waals surface area contributed by atoms with Gasteiger partial charge in [-0.15, -0.1) is 0 Å². The van der Waals surface area contributed by atoms with E-state index in [0.717, 1.165) is 44.6 Å². The van der Waals surface area contributed by atoms with Gasteiger partial charge in [-0.05, 0) is 50.0 Å². The first-order chi connectivity index (χ1) is 14.2. The topological polar surface area (TPSA) is 45.2 Å². The molecular formula is C24H26FN3O. The summed E-state index contributed by atoms with van der Waals surface area (Å²) in [4.78, 5) is 19.9. The third-order valence-electron chi connectivity index (χ3n) is 5.66. The van der Waals surface area contributed by atoms with Crippen molar-refractivity contribution in [2.75, 3.05) is 26.2 Å². The Kier molecular flexibility index (Phi) is 5.86. The molecule has 4 rings (SSSR count). The molecule has 0 spiro atoms. The number of nitrogens with one attached hydrogen (secondary N) is 1. The summed E-state index contributed by atoms with van der Waals surface area (Å²) >= 11 is 0. The Balaban J connectivity index is 1.66. The number of benzene rings is 2. The van der Waals surface area contributed by atoms with Crippen LogP contribution < -0.4 is 5.32 Å². The quantitative estimate of drug-likeness (QED) is 0.696. The highest BCUT2D eigenvalue weighted by Gasteiger charge is 2.25. The SMILES string of the molecule is CCNCC1CCN(C(=O)c2cc(-c3ccccc3)nc3cc(F)ccc23)CC1. The molecule has 1 amide bonds. The summed E-state index contributed by atoms with van der Waals surface area (Å²) in [5.74, 6) is 0.267. The first kappa shape index (κ1) is 19.5. The maximum absolute atomic E-state index is 13.9. The van der Waals surface area contributed by atoms with Crippen molar-refractivity contribution in [3.8, 4) is 11.3 Å². The number of nitrogens with zero attached hydrogens (tertiary/aromatic N) is 2. The lowest BCUT2D eigenvalue weighted by molar-refractivity contribution is 0.0692. The summed E-state index contributed by atoms with van der Waals surface area (Å²) in [7, 11) is 0. The molecule has 1 saturated heterocycles. The summed E-state index contributed by atoms with van der Waals surface area (Å²) < 4.78 is 13.9. The van der Waals surface area contributed by atoms with E-state index in [1.54, 1.807) is 6.07 Å². The summed E-state index contributed by atoms with van der Waals surface area (Å²) in [6.45, 7) is 5.59. The molecule has 1 aliphatic heterocycles. The van der Waals surface area contributed by atoms with Crippen molar-refractivity contribution >= 4 is 16.8 Å². The van der Waals surface area contributed by atoms with Gasteiger partial charge in [0.05, 0.1) is 16.8 Å². The van der Waals surface area contributed by atoms with E-state index >= 15 is 0 Å². The van der Waals surface area contributed by atoms with Gasteiger partial charge < -0.3 is 10.2 Å². The molecule has 1 aliphatic rings. The van der Waals surface area contributed by atoms with Gasteiger partial charge in [0.15, 0.2) is 0 Å². The van der Waals surface area contributed by atoms with Crippen molar-refractivity contribution in [1.82, 2.24) is 15.2 Å². The Morgan fingerprint density at radius 3 is 2.62 bits per heavy atom. The number of piperidine rings is 1. The molecule has 1 aromatic heterocycles. The minimum absolute atomic E-state index is 0.00286. The van der Waals surface area contributed by atoms with Gasteiger partial charge in [-0.25, -0.2) is 9.37 Å². The Labute approximate surface area is 170 Å². The zero-order valence-corrected chi connectivity index (χ0v) is 16.7. The van der Waals surface area contributed by atoms with Gasteiger partial charge in [0.2, 0.25) is 0 Å². The van der Waals surface area contributed by atoms with E-state index in [2.05, 4.69) is 17.2 Å². The number of fused-ring (bicyclic) bond motifs is 1. The molecule has 3 aromatic rings. The van der Waals surface area contributed by atoms with Gasteiger partial charge in [-0.2, -0.15) is 0 Å². The van der Waals surface area contributed by atoms with E-state index in [-0.39, 0.29) is 11.7 Å². The Morgan fingerprint density at radius 2 is 1.90 bits per heavy atom. The molecule has 0 aliphatic carbocycles. The average Bonchev–Trinajstić information content (AvgIpc) is 2.77. The number of pyridine rings is 1. The fourth-order valence-electron chi connectivity index (χ4n) is 3.99. The van der Waals surface area contributed by atoms with Gasteiger partial charge in [-0.1, -0.05) is 37.3 Å². The molecule has 0 bridgehead atoms. The van der Waals surface area contributed by atoms with Gasteiger partial charge in [0, 0.05) is 30.1 Å². The van der Waals surface area contributed by atoms with E-state index < -0.39 is 0 Å². The number of hydrogen-bond donors (Lipinski definition) is 1. The third kappa shape index (κ3) is 4.30. The normalized spacial score (nSPS) is 15.0. The lowest BCUT2D eigenvalue weighted by atomic mass is 9.95. The lowest BCUT2D eigenvalue weighted by Gasteiger charge is -2.32. The monoisotopic (exact) mass is 391 g/mol. The van der Waals surface area contributed by atoms with Crippen molar-refractivity contribution in [3.05, 3.63) is 66.0 Å². The van der Waals surface area contributed by atoms with Crippen LogP contribution in [0.5, 0.6) is 0 Å². The Morgan fingerprint density at radius 1 is 1.14 bits per heavy atom. The summed E-state index contributed by atoms with van der Waals surface area (Å²) in [5.41, 5.74) is 2.71. The average molecular weight is 391 g/mol. The maximum Gasteiger partial charge on any atom is 0.254 e. The predicted octanol–water partition coefficient (Wildman–Crippen LogP) is 4.50. The van der Waals surface area contributed by atoms with Crippen LogP contribution in [0.1, 0.15) is 30.1 Å². The molecule has 1 fully saturated rings. The Bertz CT molecular complexity index is 998. The van der Waals surface area contributed by atoms with Gasteiger partial charge in [0.25, 0.3) is 5.91 Å². The van der Waals surface area contributed by atoms with E-state index in [9.17, 15) is 9.18 Å². The van der Waals surface area contributed by atoms with Gasteiger partial charge in [-0.3, -0.25) is 4.79 Å². The molecule has 1 N–H and O–H groups in total. The second kappa shape index (κ2) is 8.70. The van der Waals surface area contributed by atoms with Gasteiger partial charge in [0.1, 0.15) is 5.82 Å². The number of hydrogen-bond acceptors (Lipinski definition) is 3. The summed E-state index contributed by atoms with van der Waals surface area (Å²) in [5, 5.41) is 4.10. The minimum atomic E-state index is -0.349. The molecule has 0 unspecified atom stereocenters. The largest absolute Gasteiger partial charge is 0.339 e. The molecule has 150 valence electrons. The van der Waals surface area contributed by atoms with Crippen molar-refractivity contribution in [1.29, 1.82) is 0 Å². The van der Waals surface area contributed by atoms with Crippen molar-refractivity contribution in [3.63, 3.8) is 0 Å². The first-order valence-electron chi connectivity index (χ1n) is 10.3. The van der Waals surface area contributed by atoms with E-state index in [0.29, 0.717) is 28.1 Å². The molecule has 2 heterocycles. The predicted molar refractivity (Wildman–Crippen MR) is 114 cm³/mol. The van der Waals surface area contributed by atoms with Crippen molar-refractivity contribution in [2.24, 2.45) is 5.92 Å². The Hall–Kier alpha value is -2.79. The minimum Gasteiger partial charge on any atom is -0.339 e. The number of rotatable bonds is 5. The van der Waals surface area contributed by atoms with Crippen LogP contribution in [0.4, 0.5) is 4.39 Å². The van der Waals surface area contributed by atoms with E-state index in [1.807, 2.05) is 41.3 Å². The first-order valence-corrected chi connectivity index (χ1v) is 10.3. The smallest absolute Gasteiger partial charge is 0.254 e. The molecule has 0 atom stereocenters. The molecule has 2 aromatic carbocycles. The summed E-state index contributed by atoms with van der Waals surface area (Å²) in [6.07, 6.45) is 2.00. The number of amides is 1. The second-order valence-electron chi connectivity index (χ2n) is 7.63. The number of likely N-dealkylation sites (tertiary alicyclic amines) is 1. The number of aromatic nitrogens is 1. The van der Waals surface area contributed by atoms with Crippen LogP contribution in [0.3, 0.4) is 0 Å². The van der Waals surface area contributed by atoms with E-state index in [1.165, 1.54) is 12.1 Å². The lowest BCUT2D eigenvalue weighted by Crippen LogP contribution is -2.40. The van der Waals surface area contributed by atoms with Crippen molar-refractivity contribution in [2.45, 2.75) is 19.8 Å². The molecule has 0 saturated carbocycles. The van der Waals surface area contributed by atoms with Crippen LogP contribution in [0.15, 0.2) is 54.6 Å². The number of carbonyl (C=O) groups excluding carboxylic acids is 1. The zero-order valence-electron chi connectivity index (χ0n) is 16.7. The second-order valence-corrected chi connectivity index (χ2v) is 7.63. The summed E-state index contributed by atoms with van der Waals surface area (Å²) in [6, 6.07) is 16.0. The molecule has 4 nitrogen and oxygen atoms in total. The van der Waals surface area contributed by atoms with Crippen molar-refractivity contribution < 1.29 is 9.18 Å². The maximum atomic E-state index is 13.9. The van der Waals surface area contributed by atoms with Crippen LogP contribution in [-0.4, -0.2) is 42.0 Å². The van der Waals surface area contributed by atoms with Crippen LogP contribution in [-0.2, 0) is 0 Å². The zero-order chi connectivity index (χ0) is 20.2. The van der Waals surface area contributed by atoms with Crippen LogP contribution >= 0.6 is 0 Å². The third-order valence-corrected chi connectivity index (χ3v) is 5.66. The molecule has 5 heteroatoms. The van der Waals surface area contributed by atoms with Crippen LogP contribution in [0, 0.1) is 11.7 Å². The fraction of sp³-hybridized carbons (Fsp3) is 0.333. The number of halogens is 1. The number of carbonyl (C=O) groups is 1. The van der Waals surface area contributed by atoms with Gasteiger partial charge >= 0.3 is 0 Å². The molecule has 0 radical (unpaired) electrons. The molecular weight excluding hydrogens is 365 g/mol. The fourth-order valence-corrected chi connectivity index (χ4v) is 3.99. The van der Waals surface area contributed by atoms with Crippen LogP contribution in [0.25, 0.3) is 22.2 Å². The van der Waals surface area contributed by atoms with E-state index in [4.69, 9.17) is 0 Å². The molecule has 29 heavy (non-hydrogen) atoms. The standard InChI is InChI=1S/C24H26FN3O/c1-2-26-16-17-10-12-28(13-11-17)24(29)21-15-22(18-6-4-3-5-7-18)27-23-14-19(25)8-9-20(21)23/h3-9,14-15,17,26H,2,10-13,16H2,1H3. The highest BCUT2D eigenvalue weighted by Crippen LogP contribution is 2.28.